The molecule has 7 heteroatoms. The average Bonchev–Trinajstić information content (AvgIpc) is 3.44. The Morgan fingerprint density at radius 3 is 2.73 bits per heavy atom. The molecule has 0 bridgehead atoms. The van der Waals surface area contributed by atoms with Crippen LogP contribution in [0.3, 0.4) is 0 Å². The first-order valence-corrected chi connectivity index (χ1v) is 10.4. The lowest BCUT2D eigenvalue weighted by atomic mass is 10.1. The average molecular weight is 438 g/mol. The molecule has 0 radical (unpaired) electrons. The third-order valence-electron chi connectivity index (χ3n) is 5.10. The van der Waals surface area contributed by atoms with E-state index in [2.05, 4.69) is 10.6 Å². The summed E-state index contributed by atoms with van der Waals surface area (Å²) in [4.78, 5) is 25.2. The molecule has 0 spiro atoms. The van der Waals surface area contributed by atoms with Crippen LogP contribution in [0.25, 0.3) is 17.0 Å². The zero-order chi connectivity index (χ0) is 23.2. The van der Waals surface area contributed by atoms with Crippen molar-refractivity contribution in [3.05, 3.63) is 95.6 Å². The predicted octanol–water partition coefficient (Wildman–Crippen LogP) is 4.40. The lowest BCUT2D eigenvalue weighted by Crippen LogP contribution is -2.23. The number of carbonyl (C=O) groups is 2. The lowest BCUT2D eigenvalue weighted by molar-refractivity contribution is -0.117. The predicted molar refractivity (Wildman–Crippen MR) is 126 cm³/mol. The first kappa shape index (κ1) is 21.7. The van der Waals surface area contributed by atoms with Gasteiger partial charge in [-0.3, -0.25) is 9.59 Å². The molecule has 0 saturated heterocycles. The molecule has 0 fully saturated rings. The minimum absolute atomic E-state index is 0.0336. The monoisotopic (exact) mass is 438 g/mol. The summed E-state index contributed by atoms with van der Waals surface area (Å²) in [6, 6.07) is 20.6. The standard InChI is InChI=1S/C26H22N4O3/c1-18-6-4-7-21(12-18)29-25(31)17-30-16-20(23-9-2-3-10-24(23)30)13-19(14-27)26(32)28-15-22-8-5-11-33-22/h2-13,16H,15,17H2,1H3,(H,28,32)(H,29,31)/b19-13-. The number of aromatic nitrogens is 1. The van der Waals surface area contributed by atoms with Crippen LogP contribution in [0.5, 0.6) is 0 Å². The summed E-state index contributed by atoms with van der Waals surface area (Å²) >= 11 is 0. The summed E-state index contributed by atoms with van der Waals surface area (Å²) in [5.41, 5.74) is 3.27. The van der Waals surface area contributed by atoms with Crippen molar-refractivity contribution in [2.24, 2.45) is 0 Å². The molecule has 7 nitrogen and oxygen atoms in total. The summed E-state index contributed by atoms with van der Waals surface area (Å²) in [5.74, 6) is -0.0756. The van der Waals surface area contributed by atoms with Crippen LogP contribution >= 0.6 is 0 Å². The SMILES string of the molecule is Cc1cccc(NC(=O)Cn2cc(/C=C(/C#N)C(=O)NCc3ccco3)c3ccccc32)c1. The molecule has 33 heavy (non-hydrogen) atoms. The van der Waals surface area contributed by atoms with E-state index in [9.17, 15) is 14.9 Å². The van der Waals surface area contributed by atoms with E-state index in [1.165, 1.54) is 12.3 Å². The number of nitriles is 1. The molecule has 2 aromatic heterocycles. The highest BCUT2D eigenvalue weighted by molar-refractivity contribution is 6.04. The molecule has 2 heterocycles. The number of aryl methyl sites for hydroxylation is 1. The quantitative estimate of drug-likeness (QED) is 0.330. The summed E-state index contributed by atoms with van der Waals surface area (Å²) < 4.78 is 7.01. The van der Waals surface area contributed by atoms with Gasteiger partial charge in [0, 0.05) is 28.4 Å². The van der Waals surface area contributed by atoms with Gasteiger partial charge in [0.1, 0.15) is 23.9 Å². The van der Waals surface area contributed by atoms with E-state index in [4.69, 9.17) is 4.42 Å². The third kappa shape index (κ3) is 5.20. The van der Waals surface area contributed by atoms with Crippen molar-refractivity contribution in [3.63, 3.8) is 0 Å². The Balaban J connectivity index is 1.56. The van der Waals surface area contributed by atoms with Gasteiger partial charge in [0.2, 0.25) is 5.91 Å². The summed E-state index contributed by atoms with van der Waals surface area (Å²) in [6.45, 7) is 2.24. The maximum atomic E-state index is 12.7. The van der Waals surface area contributed by atoms with Crippen LogP contribution in [0.2, 0.25) is 0 Å². The number of rotatable bonds is 7. The molecule has 0 aliphatic rings. The normalized spacial score (nSPS) is 11.2. The van der Waals surface area contributed by atoms with E-state index in [0.29, 0.717) is 11.3 Å². The maximum Gasteiger partial charge on any atom is 0.262 e. The summed E-state index contributed by atoms with van der Waals surface area (Å²) in [6.07, 6.45) is 4.83. The van der Waals surface area contributed by atoms with Gasteiger partial charge in [0.15, 0.2) is 0 Å². The van der Waals surface area contributed by atoms with E-state index >= 15 is 0 Å². The van der Waals surface area contributed by atoms with Crippen LogP contribution in [0, 0.1) is 18.3 Å². The molecular weight excluding hydrogens is 416 g/mol. The molecule has 0 saturated carbocycles. The molecule has 0 unspecified atom stereocenters. The van der Waals surface area contributed by atoms with Crippen molar-refractivity contribution >= 4 is 34.5 Å². The van der Waals surface area contributed by atoms with Gasteiger partial charge < -0.3 is 19.6 Å². The minimum Gasteiger partial charge on any atom is -0.467 e. The number of nitrogens with zero attached hydrogens (tertiary/aromatic N) is 2. The van der Waals surface area contributed by atoms with Crippen molar-refractivity contribution in [2.45, 2.75) is 20.0 Å². The lowest BCUT2D eigenvalue weighted by Gasteiger charge is -2.08. The van der Waals surface area contributed by atoms with Gasteiger partial charge in [-0.1, -0.05) is 30.3 Å². The van der Waals surface area contributed by atoms with Gasteiger partial charge >= 0.3 is 0 Å². The number of hydrogen-bond donors (Lipinski definition) is 2. The Labute approximate surface area is 190 Å². The number of benzene rings is 2. The molecule has 2 N–H and O–H groups in total. The van der Waals surface area contributed by atoms with E-state index in [-0.39, 0.29) is 24.6 Å². The van der Waals surface area contributed by atoms with Crippen molar-refractivity contribution in [3.8, 4) is 6.07 Å². The van der Waals surface area contributed by atoms with Crippen LogP contribution in [-0.4, -0.2) is 16.4 Å². The number of hydrogen-bond acceptors (Lipinski definition) is 4. The van der Waals surface area contributed by atoms with Crippen molar-refractivity contribution < 1.29 is 14.0 Å². The van der Waals surface area contributed by atoms with Crippen LogP contribution in [0.1, 0.15) is 16.9 Å². The Morgan fingerprint density at radius 1 is 1.12 bits per heavy atom. The summed E-state index contributed by atoms with van der Waals surface area (Å²) in [5, 5.41) is 16.0. The molecule has 164 valence electrons. The van der Waals surface area contributed by atoms with Crippen LogP contribution in [0.4, 0.5) is 5.69 Å². The highest BCUT2D eigenvalue weighted by Gasteiger charge is 2.14. The fourth-order valence-electron chi connectivity index (χ4n) is 3.58. The van der Waals surface area contributed by atoms with E-state index in [1.807, 2.05) is 66.1 Å². The summed E-state index contributed by atoms with van der Waals surface area (Å²) in [7, 11) is 0. The van der Waals surface area contributed by atoms with Crippen molar-refractivity contribution in [1.82, 2.24) is 9.88 Å². The second kappa shape index (κ2) is 9.71. The maximum absolute atomic E-state index is 12.7. The Hall–Kier alpha value is -4.57. The first-order chi connectivity index (χ1) is 16.0. The molecule has 2 amide bonds. The highest BCUT2D eigenvalue weighted by Crippen LogP contribution is 2.24. The van der Waals surface area contributed by atoms with E-state index in [1.54, 1.807) is 18.3 Å². The molecule has 0 aliphatic heterocycles. The fraction of sp³-hybridized carbons (Fsp3) is 0.115. The van der Waals surface area contributed by atoms with Crippen molar-refractivity contribution in [1.29, 1.82) is 5.26 Å². The smallest absolute Gasteiger partial charge is 0.262 e. The molecular formula is C26H22N4O3. The van der Waals surface area contributed by atoms with E-state index < -0.39 is 5.91 Å². The van der Waals surface area contributed by atoms with Crippen molar-refractivity contribution in [2.75, 3.05) is 5.32 Å². The van der Waals surface area contributed by atoms with Gasteiger partial charge in [0.05, 0.1) is 12.8 Å². The number of fused-ring (bicyclic) bond motifs is 1. The van der Waals surface area contributed by atoms with Gasteiger partial charge in [-0.05, 0) is 48.9 Å². The molecule has 0 atom stereocenters. The fourth-order valence-corrected chi connectivity index (χ4v) is 3.58. The Kier molecular flexibility index (Phi) is 6.37. The number of furan rings is 1. The third-order valence-corrected chi connectivity index (χ3v) is 5.10. The van der Waals surface area contributed by atoms with Crippen LogP contribution in [-0.2, 0) is 22.7 Å². The molecule has 2 aromatic carbocycles. The van der Waals surface area contributed by atoms with E-state index in [0.717, 1.165) is 22.2 Å². The van der Waals surface area contributed by atoms with Crippen LogP contribution < -0.4 is 10.6 Å². The number of carbonyl (C=O) groups excluding carboxylic acids is 2. The zero-order valence-corrected chi connectivity index (χ0v) is 18.0. The molecule has 0 aliphatic carbocycles. The minimum atomic E-state index is -0.497. The first-order valence-electron chi connectivity index (χ1n) is 10.4. The van der Waals surface area contributed by atoms with Gasteiger partial charge in [0.25, 0.3) is 5.91 Å². The molecule has 4 aromatic rings. The second-order valence-corrected chi connectivity index (χ2v) is 7.58. The largest absolute Gasteiger partial charge is 0.467 e. The number of anilines is 1. The van der Waals surface area contributed by atoms with Gasteiger partial charge in [-0.25, -0.2) is 0 Å². The number of amides is 2. The second-order valence-electron chi connectivity index (χ2n) is 7.58. The zero-order valence-electron chi connectivity index (χ0n) is 18.0. The Bertz CT molecular complexity index is 1370. The number of nitrogens with one attached hydrogen (secondary N) is 2. The number of para-hydroxylation sites is 1. The topological polar surface area (TPSA) is 100 Å². The van der Waals surface area contributed by atoms with Gasteiger partial charge in [-0.2, -0.15) is 5.26 Å². The molecule has 4 rings (SSSR count). The van der Waals surface area contributed by atoms with Crippen LogP contribution in [0.15, 0.2) is 83.1 Å². The highest BCUT2D eigenvalue weighted by atomic mass is 16.3. The Morgan fingerprint density at radius 2 is 1.97 bits per heavy atom. The van der Waals surface area contributed by atoms with Gasteiger partial charge in [-0.15, -0.1) is 0 Å².